The summed E-state index contributed by atoms with van der Waals surface area (Å²) in [7, 11) is 1.68. The maximum Gasteiger partial charge on any atom is 0.227 e. The molecule has 1 N–H and O–H groups in total. The van der Waals surface area contributed by atoms with Crippen molar-refractivity contribution in [2.75, 3.05) is 41.9 Å². The van der Waals surface area contributed by atoms with Crippen molar-refractivity contribution in [3.05, 3.63) is 65.9 Å². The molecule has 35 heavy (non-hydrogen) atoms. The van der Waals surface area contributed by atoms with Crippen LogP contribution in [0, 0.1) is 11.3 Å². The van der Waals surface area contributed by atoms with Crippen LogP contribution in [0.2, 0.25) is 0 Å². The van der Waals surface area contributed by atoms with Crippen LogP contribution < -0.4 is 19.9 Å². The van der Waals surface area contributed by atoms with Crippen molar-refractivity contribution >= 4 is 23.1 Å². The summed E-state index contributed by atoms with van der Waals surface area (Å²) in [5.41, 5.74) is 3.55. The zero-order valence-electron chi connectivity index (χ0n) is 21.5. The van der Waals surface area contributed by atoms with Gasteiger partial charge in [0.1, 0.15) is 17.6 Å². The van der Waals surface area contributed by atoms with E-state index >= 15 is 0 Å². The van der Waals surface area contributed by atoms with Crippen LogP contribution in [-0.2, 0) is 5.41 Å². The minimum Gasteiger partial charge on any atom is -0.497 e. The lowest BCUT2D eigenvalue weighted by atomic mass is 9.86. The van der Waals surface area contributed by atoms with Gasteiger partial charge in [-0.3, -0.25) is 0 Å². The lowest BCUT2D eigenvalue weighted by Gasteiger charge is -2.48. The molecule has 1 aromatic heterocycles. The fourth-order valence-electron chi connectivity index (χ4n) is 4.49. The Morgan fingerprint density at radius 2 is 1.80 bits per heavy atom. The molecule has 0 saturated carbocycles. The molecule has 0 atom stereocenters. The molecule has 0 unspecified atom stereocenters. The molecule has 7 heteroatoms. The number of rotatable bonds is 5. The van der Waals surface area contributed by atoms with Gasteiger partial charge in [0.05, 0.1) is 23.9 Å². The summed E-state index contributed by atoms with van der Waals surface area (Å²) in [5, 5.41) is 13.0. The van der Waals surface area contributed by atoms with Crippen LogP contribution in [0.4, 0.5) is 23.1 Å². The SMILES string of the molecule is COc1ccc(N2CCN(c3nccc(Nc4cc(C(C)(C)C)ccc4C#N)n3)CC2(C)C)cc1. The molecule has 1 aliphatic heterocycles. The molecular weight excluding hydrogens is 436 g/mol. The third kappa shape index (κ3) is 5.32. The quantitative estimate of drug-likeness (QED) is 0.527. The van der Waals surface area contributed by atoms with Crippen molar-refractivity contribution in [3.63, 3.8) is 0 Å². The molecule has 2 heterocycles. The average Bonchev–Trinajstić information content (AvgIpc) is 2.83. The molecule has 0 radical (unpaired) electrons. The fraction of sp³-hybridized carbons (Fsp3) is 0.393. The lowest BCUT2D eigenvalue weighted by molar-refractivity contribution is 0.408. The van der Waals surface area contributed by atoms with E-state index in [0.717, 1.165) is 36.6 Å². The number of nitrogens with one attached hydrogen (secondary N) is 1. The molecular formula is C28H34N6O. The Labute approximate surface area is 208 Å². The van der Waals surface area contributed by atoms with E-state index in [0.29, 0.717) is 17.3 Å². The van der Waals surface area contributed by atoms with E-state index < -0.39 is 0 Å². The summed E-state index contributed by atoms with van der Waals surface area (Å²) < 4.78 is 5.31. The van der Waals surface area contributed by atoms with Crippen LogP contribution in [0.25, 0.3) is 0 Å². The van der Waals surface area contributed by atoms with E-state index in [9.17, 15) is 5.26 Å². The second-order valence-electron chi connectivity index (χ2n) is 10.6. The Bertz CT molecular complexity index is 1220. The zero-order valence-corrected chi connectivity index (χ0v) is 21.5. The molecule has 182 valence electrons. The van der Waals surface area contributed by atoms with Crippen LogP contribution in [0.1, 0.15) is 45.7 Å². The number of hydrogen-bond acceptors (Lipinski definition) is 7. The number of aromatic nitrogens is 2. The second-order valence-corrected chi connectivity index (χ2v) is 10.6. The van der Waals surface area contributed by atoms with Crippen LogP contribution >= 0.6 is 0 Å². The molecule has 2 aromatic carbocycles. The van der Waals surface area contributed by atoms with E-state index in [-0.39, 0.29) is 11.0 Å². The number of nitriles is 1. The number of hydrogen-bond donors (Lipinski definition) is 1. The van der Waals surface area contributed by atoms with Gasteiger partial charge in [-0.05, 0) is 67.3 Å². The molecule has 3 aromatic rings. The van der Waals surface area contributed by atoms with Gasteiger partial charge in [-0.1, -0.05) is 26.8 Å². The first-order chi connectivity index (χ1) is 16.6. The van der Waals surface area contributed by atoms with Crippen LogP contribution in [0.5, 0.6) is 5.75 Å². The first kappa shape index (κ1) is 24.3. The predicted molar refractivity (Wildman–Crippen MR) is 142 cm³/mol. The molecule has 1 aliphatic rings. The van der Waals surface area contributed by atoms with Gasteiger partial charge in [0.2, 0.25) is 5.95 Å². The second kappa shape index (κ2) is 9.46. The van der Waals surface area contributed by atoms with Gasteiger partial charge >= 0.3 is 0 Å². The first-order valence-electron chi connectivity index (χ1n) is 11.9. The van der Waals surface area contributed by atoms with Gasteiger partial charge in [0.25, 0.3) is 0 Å². The summed E-state index contributed by atoms with van der Waals surface area (Å²) in [6.07, 6.45) is 1.77. The Hall–Kier alpha value is -3.79. The molecule has 1 saturated heterocycles. The van der Waals surface area contributed by atoms with E-state index in [2.05, 4.69) is 72.9 Å². The number of piperazine rings is 1. The third-order valence-electron chi connectivity index (χ3n) is 6.48. The molecule has 0 amide bonds. The topological polar surface area (TPSA) is 77.3 Å². The molecule has 0 aliphatic carbocycles. The summed E-state index contributed by atoms with van der Waals surface area (Å²) in [6, 6.07) is 18.3. The van der Waals surface area contributed by atoms with Crippen LogP contribution in [0.15, 0.2) is 54.7 Å². The van der Waals surface area contributed by atoms with Gasteiger partial charge < -0.3 is 19.9 Å². The smallest absolute Gasteiger partial charge is 0.227 e. The highest BCUT2D eigenvalue weighted by molar-refractivity contribution is 5.66. The molecule has 0 bridgehead atoms. The number of methoxy groups -OCH3 is 1. The van der Waals surface area contributed by atoms with E-state index in [1.165, 1.54) is 5.69 Å². The minimum atomic E-state index is -0.116. The van der Waals surface area contributed by atoms with Gasteiger partial charge in [-0.2, -0.15) is 10.2 Å². The highest BCUT2D eigenvalue weighted by Gasteiger charge is 2.35. The molecule has 7 nitrogen and oxygen atoms in total. The molecule has 1 fully saturated rings. The fourth-order valence-corrected chi connectivity index (χ4v) is 4.49. The van der Waals surface area contributed by atoms with Crippen molar-refractivity contribution in [3.8, 4) is 11.8 Å². The third-order valence-corrected chi connectivity index (χ3v) is 6.48. The molecule has 4 rings (SSSR count). The maximum absolute atomic E-state index is 9.61. The van der Waals surface area contributed by atoms with Crippen molar-refractivity contribution in [2.24, 2.45) is 0 Å². The Kier molecular flexibility index (Phi) is 6.58. The summed E-state index contributed by atoms with van der Waals surface area (Å²) in [6.45, 7) is 13.4. The van der Waals surface area contributed by atoms with E-state index in [1.54, 1.807) is 13.3 Å². The van der Waals surface area contributed by atoms with Crippen LogP contribution in [0.3, 0.4) is 0 Å². The van der Waals surface area contributed by atoms with Crippen molar-refractivity contribution in [1.82, 2.24) is 9.97 Å². The lowest BCUT2D eigenvalue weighted by Crippen LogP contribution is -2.60. The Morgan fingerprint density at radius 3 is 2.43 bits per heavy atom. The maximum atomic E-state index is 9.61. The van der Waals surface area contributed by atoms with Gasteiger partial charge in [0.15, 0.2) is 0 Å². The number of ether oxygens (including phenoxy) is 1. The Balaban J connectivity index is 1.54. The number of anilines is 4. The van der Waals surface area contributed by atoms with Crippen LogP contribution in [-0.4, -0.2) is 42.3 Å². The normalized spacial score (nSPS) is 15.5. The highest BCUT2D eigenvalue weighted by Crippen LogP contribution is 2.32. The minimum absolute atomic E-state index is 0.0175. The number of nitrogens with zero attached hydrogens (tertiary/aromatic N) is 5. The van der Waals surface area contributed by atoms with Crippen molar-refractivity contribution in [1.29, 1.82) is 5.26 Å². The van der Waals surface area contributed by atoms with E-state index in [4.69, 9.17) is 9.72 Å². The summed E-state index contributed by atoms with van der Waals surface area (Å²) in [5.74, 6) is 2.21. The van der Waals surface area contributed by atoms with Gasteiger partial charge in [0, 0.05) is 31.5 Å². The zero-order chi connectivity index (χ0) is 25.2. The summed E-state index contributed by atoms with van der Waals surface area (Å²) >= 11 is 0. The first-order valence-corrected chi connectivity index (χ1v) is 11.9. The standard InChI is InChI=1S/C28H34N6O/c1-27(2,3)21-8-7-20(18-29)24(17-21)31-25-13-14-30-26(32-25)33-15-16-34(28(4,5)19-33)22-9-11-23(35-6)12-10-22/h7-14,17H,15-16,19H2,1-6H3,(H,30,31,32). The number of benzene rings is 2. The van der Waals surface area contributed by atoms with Gasteiger partial charge in [-0.15, -0.1) is 0 Å². The molecule has 0 spiro atoms. The average molecular weight is 471 g/mol. The predicted octanol–water partition coefficient (Wildman–Crippen LogP) is 5.50. The largest absolute Gasteiger partial charge is 0.497 e. The van der Waals surface area contributed by atoms with Crippen molar-refractivity contribution in [2.45, 2.75) is 45.6 Å². The summed E-state index contributed by atoms with van der Waals surface area (Å²) in [4.78, 5) is 14.0. The Morgan fingerprint density at radius 1 is 1.06 bits per heavy atom. The van der Waals surface area contributed by atoms with Gasteiger partial charge in [-0.25, -0.2) is 4.98 Å². The monoisotopic (exact) mass is 470 g/mol. The van der Waals surface area contributed by atoms with Crippen molar-refractivity contribution < 1.29 is 4.74 Å². The van der Waals surface area contributed by atoms with E-state index in [1.807, 2.05) is 36.4 Å². The highest BCUT2D eigenvalue weighted by atomic mass is 16.5.